The summed E-state index contributed by atoms with van der Waals surface area (Å²) in [5, 5.41) is 0. The van der Waals surface area contributed by atoms with Crippen LogP contribution in [0.3, 0.4) is 0 Å². The van der Waals surface area contributed by atoms with E-state index in [0.717, 1.165) is 25.9 Å². The summed E-state index contributed by atoms with van der Waals surface area (Å²) < 4.78 is 13.5. The molecule has 0 bridgehead atoms. The van der Waals surface area contributed by atoms with Crippen molar-refractivity contribution in [3.63, 3.8) is 0 Å². The highest BCUT2D eigenvalue weighted by molar-refractivity contribution is 5.93. The minimum Gasteiger partial charge on any atom is -0.341 e. The molecule has 1 aliphatic rings. The van der Waals surface area contributed by atoms with E-state index in [-0.39, 0.29) is 11.5 Å². The van der Waals surface area contributed by atoms with Gasteiger partial charge in [-0.3, -0.25) is 4.79 Å². The predicted octanol–water partition coefficient (Wildman–Crippen LogP) is 1.63. The summed E-state index contributed by atoms with van der Waals surface area (Å²) in [6.45, 7) is 2.81. The average molecular weight is 265 g/mol. The Labute approximate surface area is 113 Å². The van der Waals surface area contributed by atoms with Gasteiger partial charge in [-0.05, 0) is 51.0 Å². The smallest absolute Gasteiger partial charge is 0.258 e. The number of pyridine rings is 1. The average Bonchev–Trinajstić information content (AvgIpc) is 2.41. The van der Waals surface area contributed by atoms with Crippen LogP contribution in [-0.4, -0.2) is 54.4 Å². The number of nitrogens with zero attached hydrogens (tertiary/aromatic N) is 3. The Hall–Kier alpha value is -1.49. The van der Waals surface area contributed by atoms with Gasteiger partial charge in [0.15, 0.2) is 0 Å². The molecule has 1 amide bonds. The quantitative estimate of drug-likeness (QED) is 0.779. The molecular weight excluding hydrogens is 245 g/mol. The van der Waals surface area contributed by atoms with Gasteiger partial charge in [0.2, 0.25) is 5.95 Å². The number of carbonyl (C=O) groups excluding carboxylic acids is 1. The number of hydrogen-bond donors (Lipinski definition) is 0. The molecule has 19 heavy (non-hydrogen) atoms. The zero-order chi connectivity index (χ0) is 13.8. The summed E-state index contributed by atoms with van der Waals surface area (Å²) in [7, 11) is 3.84. The molecule has 0 N–H and O–H groups in total. The molecule has 0 atom stereocenters. The van der Waals surface area contributed by atoms with E-state index in [9.17, 15) is 9.18 Å². The van der Waals surface area contributed by atoms with Gasteiger partial charge in [0, 0.05) is 19.8 Å². The molecule has 1 fully saturated rings. The minimum atomic E-state index is -0.692. The number of likely N-dealkylation sites (tertiary alicyclic amines) is 1. The standard InChI is InChI=1S/C14H20FN3O/c1-17-8-5-11(6-9-17)10-18(2)14(19)12-4-3-7-16-13(12)15/h3-4,7,11H,5-6,8-10H2,1-2H3. The zero-order valence-electron chi connectivity index (χ0n) is 11.5. The molecule has 0 saturated carbocycles. The first kappa shape index (κ1) is 13.9. The first-order valence-electron chi connectivity index (χ1n) is 6.62. The van der Waals surface area contributed by atoms with E-state index in [1.54, 1.807) is 18.0 Å². The highest BCUT2D eigenvalue weighted by Gasteiger charge is 2.22. The van der Waals surface area contributed by atoms with Gasteiger partial charge in [0.05, 0.1) is 5.56 Å². The van der Waals surface area contributed by atoms with Gasteiger partial charge in [-0.25, -0.2) is 4.98 Å². The zero-order valence-corrected chi connectivity index (χ0v) is 11.5. The minimum absolute atomic E-state index is 0.0536. The summed E-state index contributed by atoms with van der Waals surface area (Å²) in [5.74, 6) is -0.475. The lowest BCUT2D eigenvalue weighted by Gasteiger charge is -2.31. The monoisotopic (exact) mass is 265 g/mol. The van der Waals surface area contributed by atoms with E-state index in [4.69, 9.17) is 0 Å². The summed E-state index contributed by atoms with van der Waals surface area (Å²) in [5.41, 5.74) is 0.0536. The molecule has 0 radical (unpaired) electrons. The number of carbonyl (C=O) groups is 1. The highest BCUT2D eigenvalue weighted by Crippen LogP contribution is 2.18. The number of rotatable bonds is 3. The van der Waals surface area contributed by atoms with Crippen LogP contribution in [0.2, 0.25) is 0 Å². The number of hydrogen-bond acceptors (Lipinski definition) is 3. The normalized spacial score (nSPS) is 17.4. The molecule has 0 unspecified atom stereocenters. The van der Waals surface area contributed by atoms with Crippen molar-refractivity contribution in [2.24, 2.45) is 5.92 Å². The number of aromatic nitrogens is 1. The second-order valence-corrected chi connectivity index (χ2v) is 5.27. The third-order valence-corrected chi connectivity index (χ3v) is 3.71. The Balaban J connectivity index is 1.94. The van der Waals surface area contributed by atoms with Crippen LogP contribution in [0.5, 0.6) is 0 Å². The third kappa shape index (κ3) is 3.50. The molecule has 1 aliphatic heterocycles. The molecule has 0 aromatic carbocycles. The van der Waals surface area contributed by atoms with Gasteiger partial charge in [-0.15, -0.1) is 0 Å². The number of halogens is 1. The van der Waals surface area contributed by atoms with Crippen LogP contribution in [0.15, 0.2) is 18.3 Å². The lowest BCUT2D eigenvalue weighted by molar-refractivity contribution is 0.0741. The van der Waals surface area contributed by atoms with Crippen molar-refractivity contribution >= 4 is 5.91 Å². The predicted molar refractivity (Wildman–Crippen MR) is 71.4 cm³/mol. The van der Waals surface area contributed by atoms with E-state index in [0.29, 0.717) is 12.5 Å². The fourth-order valence-electron chi connectivity index (χ4n) is 2.47. The van der Waals surface area contributed by atoms with Gasteiger partial charge in [0.1, 0.15) is 0 Å². The highest BCUT2D eigenvalue weighted by atomic mass is 19.1. The Bertz CT molecular complexity index is 444. The third-order valence-electron chi connectivity index (χ3n) is 3.71. The van der Waals surface area contributed by atoms with Crippen LogP contribution in [0, 0.1) is 11.9 Å². The molecule has 0 aliphatic carbocycles. The van der Waals surface area contributed by atoms with Gasteiger partial charge in [-0.1, -0.05) is 0 Å². The maximum Gasteiger partial charge on any atom is 0.258 e. The molecular formula is C14H20FN3O. The van der Waals surface area contributed by atoms with Crippen LogP contribution in [0.1, 0.15) is 23.2 Å². The SMILES string of the molecule is CN1CCC(CN(C)C(=O)c2cccnc2F)CC1. The van der Waals surface area contributed by atoms with Crippen molar-refractivity contribution in [1.29, 1.82) is 0 Å². The lowest BCUT2D eigenvalue weighted by atomic mass is 9.96. The Morgan fingerprint density at radius 3 is 2.84 bits per heavy atom. The summed E-state index contributed by atoms with van der Waals surface area (Å²) in [6, 6.07) is 3.07. The van der Waals surface area contributed by atoms with Crippen molar-refractivity contribution in [3.05, 3.63) is 29.8 Å². The maximum atomic E-state index is 13.5. The van der Waals surface area contributed by atoms with Crippen molar-refractivity contribution < 1.29 is 9.18 Å². The van der Waals surface area contributed by atoms with Crippen LogP contribution in [0.4, 0.5) is 4.39 Å². The molecule has 2 rings (SSSR count). The van der Waals surface area contributed by atoms with Crippen LogP contribution in [-0.2, 0) is 0 Å². The molecule has 4 nitrogen and oxygen atoms in total. The fraction of sp³-hybridized carbons (Fsp3) is 0.571. The fourth-order valence-corrected chi connectivity index (χ4v) is 2.47. The first-order valence-corrected chi connectivity index (χ1v) is 6.62. The van der Waals surface area contributed by atoms with Crippen molar-refractivity contribution in [2.75, 3.05) is 33.7 Å². The topological polar surface area (TPSA) is 36.4 Å². The van der Waals surface area contributed by atoms with E-state index in [1.807, 2.05) is 0 Å². The van der Waals surface area contributed by atoms with Crippen molar-refractivity contribution in [3.8, 4) is 0 Å². The van der Waals surface area contributed by atoms with Crippen molar-refractivity contribution in [2.45, 2.75) is 12.8 Å². The molecule has 1 aromatic rings. The first-order chi connectivity index (χ1) is 9.08. The number of piperidine rings is 1. The van der Waals surface area contributed by atoms with Gasteiger partial charge >= 0.3 is 0 Å². The largest absolute Gasteiger partial charge is 0.341 e. The Morgan fingerprint density at radius 1 is 1.53 bits per heavy atom. The molecule has 104 valence electrons. The lowest BCUT2D eigenvalue weighted by Crippen LogP contribution is -2.38. The molecule has 1 aromatic heterocycles. The van der Waals surface area contributed by atoms with Crippen LogP contribution in [0.25, 0.3) is 0 Å². The molecule has 5 heteroatoms. The van der Waals surface area contributed by atoms with E-state index >= 15 is 0 Å². The summed E-state index contributed by atoms with van der Waals surface area (Å²) >= 11 is 0. The van der Waals surface area contributed by atoms with Crippen LogP contribution >= 0.6 is 0 Å². The van der Waals surface area contributed by atoms with E-state index in [2.05, 4.69) is 16.9 Å². The maximum absolute atomic E-state index is 13.5. The molecule has 0 spiro atoms. The number of amides is 1. The summed E-state index contributed by atoms with van der Waals surface area (Å²) in [4.78, 5) is 19.6. The van der Waals surface area contributed by atoms with Crippen LogP contribution < -0.4 is 0 Å². The second kappa shape index (κ2) is 6.10. The van der Waals surface area contributed by atoms with Crippen molar-refractivity contribution in [1.82, 2.24) is 14.8 Å². The molecule has 2 heterocycles. The van der Waals surface area contributed by atoms with Gasteiger partial charge in [0.25, 0.3) is 5.91 Å². The second-order valence-electron chi connectivity index (χ2n) is 5.27. The summed E-state index contributed by atoms with van der Waals surface area (Å²) in [6.07, 6.45) is 3.52. The Morgan fingerprint density at radius 2 is 2.21 bits per heavy atom. The Kier molecular flexibility index (Phi) is 4.47. The molecule has 1 saturated heterocycles. The van der Waals surface area contributed by atoms with E-state index in [1.165, 1.54) is 12.3 Å². The van der Waals surface area contributed by atoms with Gasteiger partial charge < -0.3 is 9.80 Å². The van der Waals surface area contributed by atoms with Gasteiger partial charge in [-0.2, -0.15) is 4.39 Å². The van der Waals surface area contributed by atoms with E-state index < -0.39 is 5.95 Å².